The van der Waals surface area contributed by atoms with Crippen LogP contribution in [0.3, 0.4) is 0 Å². The van der Waals surface area contributed by atoms with Crippen LogP contribution in [0.4, 0.5) is 0 Å². The van der Waals surface area contributed by atoms with Gasteiger partial charge in [0, 0.05) is 13.2 Å². The highest BCUT2D eigenvalue weighted by atomic mass is 16.5. The number of carbonyl (C=O) groups is 1. The lowest BCUT2D eigenvalue weighted by Crippen LogP contribution is -2.36. The normalized spacial score (nSPS) is 20.9. The van der Waals surface area contributed by atoms with E-state index in [1.807, 2.05) is 18.7 Å². The van der Waals surface area contributed by atoms with Crippen LogP contribution in [0.5, 0.6) is 0 Å². The van der Waals surface area contributed by atoms with Gasteiger partial charge in [0.25, 0.3) is 0 Å². The van der Waals surface area contributed by atoms with Crippen molar-refractivity contribution in [3.05, 3.63) is 35.4 Å². The maximum Gasteiger partial charge on any atom is 0.238 e. The number of carbonyl (C=O) groups excluding carboxylic acids is 1. The molecule has 19 heavy (non-hydrogen) atoms. The van der Waals surface area contributed by atoms with Gasteiger partial charge in [-0.15, -0.1) is 0 Å². The molecule has 1 amide bonds. The van der Waals surface area contributed by atoms with Crippen LogP contribution in [0.15, 0.2) is 24.3 Å². The van der Waals surface area contributed by atoms with Crippen molar-refractivity contribution in [2.75, 3.05) is 19.7 Å². The van der Waals surface area contributed by atoms with E-state index < -0.39 is 0 Å². The predicted molar refractivity (Wildman–Crippen MR) is 74.7 cm³/mol. The van der Waals surface area contributed by atoms with Crippen molar-refractivity contribution >= 4 is 5.91 Å². The zero-order chi connectivity index (χ0) is 13.8. The summed E-state index contributed by atoms with van der Waals surface area (Å²) in [4.78, 5) is 13.8. The van der Waals surface area contributed by atoms with Crippen LogP contribution in [0, 0.1) is 6.92 Å². The summed E-state index contributed by atoms with van der Waals surface area (Å²) in [6, 6.07) is 8.29. The second-order valence-electron chi connectivity index (χ2n) is 5.01. The van der Waals surface area contributed by atoms with Gasteiger partial charge in [-0.05, 0) is 26.3 Å². The zero-order valence-electron chi connectivity index (χ0n) is 11.8. The Bertz CT molecular complexity index is 430. The number of rotatable bonds is 5. The summed E-state index contributed by atoms with van der Waals surface area (Å²) in [5.41, 5.74) is 2.35. The lowest BCUT2D eigenvalue weighted by atomic mass is 10.1. The summed E-state index contributed by atoms with van der Waals surface area (Å²) in [7, 11) is 0. The molecule has 1 saturated heterocycles. The fourth-order valence-corrected chi connectivity index (χ4v) is 2.41. The third-order valence-corrected chi connectivity index (χ3v) is 3.38. The molecular formula is C15H22N2O2. The maximum atomic E-state index is 12.0. The van der Waals surface area contributed by atoms with Gasteiger partial charge in [0.05, 0.1) is 12.6 Å². The van der Waals surface area contributed by atoms with Gasteiger partial charge in [0.15, 0.2) is 0 Å². The van der Waals surface area contributed by atoms with Gasteiger partial charge >= 0.3 is 0 Å². The first-order valence-electron chi connectivity index (χ1n) is 6.83. The summed E-state index contributed by atoms with van der Waals surface area (Å²) < 4.78 is 5.53. The second kappa shape index (κ2) is 6.17. The molecule has 104 valence electrons. The summed E-state index contributed by atoms with van der Waals surface area (Å²) in [6.45, 7) is 7.73. The fourth-order valence-electron chi connectivity index (χ4n) is 2.41. The summed E-state index contributed by atoms with van der Waals surface area (Å²) in [5, 5.41) is 3.26. The number of nitrogens with zero attached hydrogens (tertiary/aromatic N) is 1. The van der Waals surface area contributed by atoms with Gasteiger partial charge in [-0.2, -0.15) is 0 Å². The van der Waals surface area contributed by atoms with Crippen molar-refractivity contribution < 1.29 is 9.53 Å². The summed E-state index contributed by atoms with van der Waals surface area (Å²) >= 11 is 0. The van der Waals surface area contributed by atoms with Gasteiger partial charge < -0.3 is 9.64 Å². The first-order chi connectivity index (χ1) is 9.11. The number of hydrogen-bond acceptors (Lipinski definition) is 3. The molecule has 1 N–H and O–H groups in total. The molecule has 0 aromatic heterocycles. The lowest BCUT2D eigenvalue weighted by molar-refractivity contribution is -0.129. The average molecular weight is 262 g/mol. The highest BCUT2D eigenvalue weighted by Gasteiger charge is 2.32. The molecule has 4 heteroatoms. The van der Waals surface area contributed by atoms with Crippen LogP contribution >= 0.6 is 0 Å². The maximum absolute atomic E-state index is 12.0. The molecular weight excluding hydrogens is 240 g/mol. The smallest absolute Gasteiger partial charge is 0.238 e. The number of ether oxygens (including phenoxy) is 1. The summed E-state index contributed by atoms with van der Waals surface area (Å²) in [6.07, 6.45) is 0.0257. The average Bonchev–Trinajstić information content (AvgIpc) is 2.73. The Hall–Kier alpha value is -1.39. The Labute approximate surface area is 114 Å². The number of nitrogens with one attached hydrogen (secondary N) is 1. The third-order valence-electron chi connectivity index (χ3n) is 3.38. The molecule has 1 fully saturated rings. The number of amides is 1. The van der Waals surface area contributed by atoms with Gasteiger partial charge in [0.2, 0.25) is 5.91 Å². The molecule has 0 aliphatic carbocycles. The second-order valence-corrected chi connectivity index (χ2v) is 5.01. The molecule has 2 rings (SSSR count). The Morgan fingerprint density at radius 2 is 2.11 bits per heavy atom. The molecule has 0 bridgehead atoms. The quantitative estimate of drug-likeness (QED) is 0.880. The van der Waals surface area contributed by atoms with Crippen LogP contribution in [0.2, 0.25) is 0 Å². The van der Waals surface area contributed by atoms with Crippen molar-refractivity contribution in [3.8, 4) is 0 Å². The van der Waals surface area contributed by atoms with Crippen molar-refractivity contribution in [2.24, 2.45) is 0 Å². The van der Waals surface area contributed by atoms with Gasteiger partial charge in [0.1, 0.15) is 6.17 Å². The topological polar surface area (TPSA) is 41.6 Å². The van der Waals surface area contributed by atoms with Crippen LogP contribution in [0.25, 0.3) is 0 Å². The Kier molecular flexibility index (Phi) is 4.56. The van der Waals surface area contributed by atoms with E-state index in [9.17, 15) is 4.79 Å². The van der Waals surface area contributed by atoms with Crippen molar-refractivity contribution in [2.45, 2.75) is 33.0 Å². The number of aryl methyl sites for hydroxylation is 1. The van der Waals surface area contributed by atoms with Gasteiger partial charge in [-0.1, -0.05) is 29.8 Å². The van der Waals surface area contributed by atoms with Gasteiger partial charge in [-0.25, -0.2) is 0 Å². The van der Waals surface area contributed by atoms with Crippen LogP contribution in [0.1, 0.15) is 31.1 Å². The number of hydrogen-bond donors (Lipinski definition) is 1. The minimum atomic E-state index is -0.0315. The molecule has 2 unspecified atom stereocenters. The monoisotopic (exact) mass is 262 g/mol. The molecule has 1 aliphatic rings. The molecule has 0 radical (unpaired) electrons. The minimum absolute atomic E-state index is 0.0315. The minimum Gasteiger partial charge on any atom is -0.377 e. The Morgan fingerprint density at radius 3 is 2.74 bits per heavy atom. The van der Waals surface area contributed by atoms with Crippen molar-refractivity contribution in [1.82, 2.24) is 10.2 Å². The van der Waals surface area contributed by atoms with Gasteiger partial charge in [-0.3, -0.25) is 10.1 Å². The van der Waals surface area contributed by atoms with E-state index in [2.05, 4.69) is 36.5 Å². The SMILES string of the molecule is CCOC(C)CN1C(=O)CNC1c1ccc(C)cc1. The largest absolute Gasteiger partial charge is 0.377 e. The van der Waals surface area contributed by atoms with E-state index in [1.54, 1.807) is 0 Å². The lowest BCUT2D eigenvalue weighted by Gasteiger charge is -2.27. The first-order valence-corrected chi connectivity index (χ1v) is 6.83. The molecule has 1 heterocycles. The van der Waals surface area contributed by atoms with E-state index in [0.717, 1.165) is 5.56 Å². The predicted octanol–water partition coefficient (Wildman–Crippen LogP) is 1.85. The first kappa shape index (κ1) is 14.0. The van der Waals surface area contributed by atoms with E-state index in [-0.39, 0.29) is 18.2 Å². The summed E-state index contributed by atoms with van der Waals surface area (Å²) in [5.74, 6) is 0.136. The molecule has 0 spiro atoms. The highest BCUT2D eigenvalue weighted by Crippen LogP contribution is 2.23. The highest BCUT2D eigenvalue weighted by molar-refractivity contribution is 5.81. The molecule has 1 aliphatic heterocycles. The molecule has 2 atom stereocenters. The molecule has 1 aromatic carbocycles. The Morgan fingerprint density at radius 1 is 1.42 bits per heavy atom. The Balaban J connectivity index is 2.10. The van der Waals surface area contributed by atoms with Crippen LogP contribution in [-0.4, -0.2) is 36.6 Å². The molecule has 4 nitrogen and oxygen atoms in total. The van der Waals surface area contributed by atoms with E-state index >= 15 is 0 Å². The van der Waals surface area contributed by atoms with E-state index in [1.165, 1.54) is 5.56 Å². The number of benzene rings is 1. The van der Waals surface area contributed by atoms with Crippen LogP contribution < -0.4 is 5.32 Å². The third kappa shape index (κ3) is 3.33. The van der Waals surface area contributed by atoms with Crippen molar-refractivity contribution in [3.63, 3.8) is 0 Å². The standard InChI is InChI=1S/C15H22N2O2/c1-4-19-12(3)10-17-14(18)9-16-15(17)13-7-5-11(2)6-8-13/h5-8,12,15-16H,4,9-10H2,1-3H3. The van der Waals surface area contributed by atoms with E-state index in [0.29, 0.717) is 19.7 Å². The van der Waals surface area contributed by atoms with Crippen molar-refractivity contribution in [1.29, 1.82) is 0 Å². The van der Waals surface area contributed by atoms with E-state index in [4.69, 9.17) is 4.74 Å². The molecule has 1 aromatic rings. The van der Waals surface area contributed by atoms with Crippen LogP contribution in [-0.2, 0) is 9.53 Å². The molecule has 0 saturated carbocycles. The zero-order valence-corrected chi connectivity index (χ0v) is 11.8. The fraction of sp³-hybridized carbons (Fsp3) is 0.533.